The summed E-state index contributed by atoms with van der Waals surface area (Å²) in [5.74, 6) is -1.73. The quantitative estimate of drug-likeness (QED) is 0.426. The minimum absolute atomic E-state index is 0.307. The Hall–Kier alpha value is -1.14. The number of primary amides is 1. The van der Waals surface area contributed by atoms with E-state index in [4.69, 9.17) is 15.6 Å². The van der Waals surface area contributed by atoms with Crippen molar-refractivity contribution in [1.29, 1.82) is 0 Å². The van der Waals surface area contributed by atoms with Crippen LogP contribution in [0.4, 0.5) is 0 Å². The van der Waals surface area contributed by atoms with Crippen molar-refractivity contribution >= 4 is 11.9 Å². The third-order valence-electron chi connectivity index (χ3n) is 1.42. The highest BCUT2D eigenvalue weighted by atomic mass is 16.5. The molecule has 1 amide bonds. The van der Waals surface area contributed by atoms with Gasteiger partial charge in [0.1, 0.15) is 0 Å². The monoisotopic (exact) mass is 190 g/mol. The lowest BCUT2D eigenvalue weighted by Crippen LogP contribution is -2.43. The second kappa shape index (κ2) is 6.38. The van der Waals surface area contributed by atoms with Crippen molar-refractivity contribution in [3.8, 4) is 0 Å². The first-order valence-electron chi connectivity index (χ1n) is 3.81. The number of amides is 1. The summed E-state index contributed by atoms with van der Waals surface area (Å²) in [6, 6.07) is -0.826. The highest BCUT2D eigenvalue weighted by Gasteiger charge is 2.17. The summed E-state index contributed by atoms with van der Waals surface area (Å²) in [7, 11) is 1.51. The second-order valence-electron chi connectivity index (χ2n) is 2.50. The summed E-state index contributed by atoms with van der Waals surface area (Å²) in [4.78, 5) is 21.0. The average Bonchev–Trinajstić information content (AvgIpc) is 2.02. The van der Waals surface area contributed by atoms with Crippen LogP contribution in [0.3, 0.4) is 0 Å². The Morgan fingerprint density at radius 2 is 2.23 bits per heavy atom. The van der Waals surface area contributed by atoms with Crippen LogP contribution in [-0.4, -0.2) is 43.3 Å². The van der Waals surface area contributed by atoms with Gasteiger partial charge in [-0.3, -0.25) is 9.59 Å². The summed E-state index contributed by atoms with van der Waals surface area (Å²) >= 11 is 0. The lowest BCUT2D eigenvalue weighted by atomic mass is 10.2. The number of hydrogen-bond donors (Lipinski definition) is 3. The standard InChI is InChI=1S/C7H14N2O4/c1-13-3-2-9-5(7(8)12)4-6(10)11/h5,9H,2-4H2,1H3,(H2,8,12)(H,10,11)/t5-/m0/s1. The van der Waals surface area contributed by atoms with Crippen molar-refractivity contribution in [2.45, 2.75) is 12.5 Å². The van der Waals surface area contributed by atoms with Gasteiger partial charge in [-0.15, -0.1) is 0 Å². The molecule has 76 valence electrons. The van der Waals surface area contributed by atoms with E-state index in [1.165, 1.54) is 7.11 Å². The number of nitrogens with two attached hydrogens (primary N) is 1. The largest absolute Gasteiger partial charge is 0.481 e. The Morgan fingerprint density at radius 3 is 2.62 bits per heavy atom. The highest BCUT2D eigenvalue weighted by molar-refractivity contribution is 5.84. The number of rotatable bonds is 7. The van der Waals surface area contributed by atoms with Crippen LogP contribution in [0.2, 0.25) is 0 Å². The van der Waals surface area contributed by atoms with Crippen LogP contribution in [0.25, 0.3) is 0 Å². The Kier molecular flexibility index (Phi) is 5.82. The van der Waals surface area contributed by atoms with E-state index in [1.807, 2.05) is 0 Å². The molecule has 13 heavy (non-hydrogen) atoms. The molecule has 6 nitrogen and oxygen atoms in total. The molecule has 0 heterocycles. The number of carboxylic acid groups (broad SMARTS) is 1. The van der Waals surface area contributed by atoms with Gasteiger partial charge >= 0.3 is 5.97 Å². The van der Waals surface area contributed by atoms with Gasteiger partial charge in [0.15, 0.2) is 0 Å². The van der Waals surface area contributed by atoms with Crippen LogP contribution in [0, 0.1) is 0 Å². The molecule has 0 aromatic heterocycles. The molecule has 0 aliphatic carbocycles. The molecule has 0 aromatic carbocycles. The lowest BCUT2D eigenvalue weighted by Gasteiger charge is -2.12. The maximum Gasteiger partial charge on any atom is 0.305 e. The van der Waals surface area contributed by atoms with Crippen molar-refractivity contribution in [2.75, 3.05) is 20.3 Å². The minimum atomic E-state index is -1.06. The van der Waals surface area contributed by atoms with Gasteiger partial charge in [-0.2, -0.15) is 0 Å². The van der Waals surface area contributed by atoms with Crippen molar-refractivity contribution in [2.24, 2.45) is 5.73 Å². The summed E-state index contributed by atoms with van der Waals surface area (Å²) in [6.45, 7) is 0.806. The predicted molar refractivity (Wildman–Crippen MR) is 45.1 cm³/mol. The molecule has 4 N–H and O–H groups in total. The van der Waals surface area contributed by atoms with Crippen LogP contribution >= 0.6 is 0 Å². The van der Waals surface area contributed by atoms with Crippen LogP contribution in [0.15, 0.2) is 0 Å². The first kappa shape index (κ1) is 11.9. The van der Waals surface area contributed by atoms with Crippen LogP contribution in [0.5, 0.6) is 0 Å². The number of methoxy groups -OCH3 is 1. The molecular formula is C7H14N2O4. The summed E-state index contributed by atoms with van der Waals surface area (Å²) in [5, 5.41) is 11.1. The van der Waals surface area contributed by atoms with Gasteiger partial charge < -0.3 is 20.9 Å². The lowest BCUT2D eigenvalue weighted by molar-refractivity contribution is -0.139. The molecule has 0 unspecified atom stereocenters. The third kappa shape index (κ3) is 6.06. The summed E-state index contributed by atoms with van der Waals surface area (Å²) in [6.07, 6.45) is -0.307. The fourth-order valence-corrected chi connectivity index (χ4v) is 0.783. The summed E-state index contributed by atoms with van der Waals surface area (Å²) in [5.41, 5.74) is 4.96. The molecular weight excluding hydrogens is 176 g/mol. The van der Waals surface area contributed by atoms with Gasteiger partial charge in [-0.05, 0) is 0 Å². The number of aliphatic carboxylic acids is 1. The van der Waals surface area contributed by atoms with Crippen LogP contribution in [0.1, 0.15) is 6.42 Å². The normalized spacial score (nSPS) is 12.4. The average molecular weight is 190 g/mol. The molecule has 0 aromatic rings. The van der Waals surface area contributed by atoms with Crippen LogP contribution < -0.4 is 11.1 Å². The Labute approximate surface area is 76.0 Å². The fraction of sp³-hybridized carbons (Fsp3) is 0.714. The first-order valence-corrected chi connectivity index (χ1v) is 3.81. The number of ether oxygens (including phenoxy) is 1. The van der Waals surface area contributed by atoms with E-state index in [9.17, 15) is 9.59 Å². The SMILES string of the molecule is COCCN[C@@H](CC(=O)O)C(N)=O. The number of carboxylic acids is 1. The molecule has 0 saturated carbocycles. The third-order valence-corrected chi connectivity index (χ3v) is 1.42. The van der Waals surface area contributed by atoms with E-state index in [0.717, 1.165) is 0 Å². The van der Waals surface area contributed by atoms with Gasteiger partial charge in [0.25, 0.3) is 0 Å². The molecule has 0 aliphatic heterocycles. The van der Waals surface area contributed by atoms with Gasteiger partial charge in [0, 0.05) is 13.7 Å². The van der Waals surface area contributed by atoms with E-state index in [-0.39, 0.29) is 6.42 Å². The zero-order chi connectivity index (χ0) is 10.3. The molecule has 0 aliphatic rings. The van der Waals surface area contributed by atoms with E-state index in [0.29, 0.717) is 13.2 Å². The van der Waals surface area contributed by atoms with E-state index >= 15 is 0 Å². The molecule has 1 atom stereocenters. The van der Waals surface area contributed by atoms with E-state index < -0.39 is 17.9 Å². The van der Waals surface area contributed by atoms with Gasteiger partial charge in [-0.1, -0.05) is 0 Å². The maximum atomic E-state index is 10.7. The zero-order valence-corrected chi connectivity index (χ0v) is 7.45. The Morgan fingerprint density at radius 1 is 1.62 bits per heavy atom. The van der Waals surface area contributed by atoms with Gasteiger partial charge in [0.05, 0.1) is 19.1 Å². The first-order chi connectivity index (χ1) is 6.07. The highest BCUT2D eigenvalue weighted by Crippen LogP contribution is 1.90. The molecule has 0 bridgehead atoms. The molecule has 6 heteroatoms. The Bertz CT molecular complexity index is 183. The van der Waals surface area contributed by atoms with Crippen molar-refractivity contribution in [1.82, 2.24) is 5.32 Å². The van der Waals surface area contributed by atoms with Crippen molar-refractivity contribution < 1.29 is 19.4 Å². The predicted octanol–water partition coefficient (Wildman–Crippen LogP) is -1.45. The number of nitrogens with one attached hydrogen (secondary N) is 1. The van der Waals surface area contributed by atoms with E-state index in [2.05, 4.69) is 5.32 Å². The number of carbonyl (C=O) groups excluding carboxylic acids is 1. The van der Waals surface area contributed by atoms with Crippen molar-refractivity contribution in [3.05, 3.63) is 0 Å². The van der Waals surface area contributed by atoms with E-state index in [1.54, 1.807) is 0 Å². The molecule has 0 radical (unpaired) electrons. The molecule has 0 spiro atoms. The number of hydrogen-bond acceptors (Lipinski definition) is 4. The topological polar surface area (TPSA) is 102 Å². The fourth-order valence-electron chi connectivity index (χ4n) is 0.783. The minimum Gasteiger partial charge on any atom is -0.481 e. The second-order valence-corrected chi connectivity index (χ2v) is 2.50. The molecule has 0 fully saturated rings. The van der Waals surface area contributed by atoms with Crippen LogP contribution in [-0.2, 0) is 14.3 Å². The van der Waals surface area contributed by atoms with Crippen molar-refractivity contribution in [3.63, 3.8) is 0 Å². The zero-order valence-electron chi connectivity index (χ0n) is 7.45. The smallest absolute Gasteiger partial charge is 0.305 e. The maximum absolute atomic E-state index is 10.7. The van der Waals surface area contributed by atoms with Gasteiger partial charge in [0.2, 0.25) is 5.91 Å². The van der Waals surface area contributed by atoms with Gasteiger partial charge in [-0.25, -0.2) is 0 Å². The summed E-state index contributed by atoms with van der Waals surface area (Å²) < 4.78 is 4.71. The number of carbonyl (C=O) groups is 2. The molecule has 0 saturated heterocycles. The Balaban J connectivity index is 3.81. The molecule has 0 rings (SSSR count).